The molecule has 0 saturated carbocycles. The van der Waals surface area contributed by atoms with E-state index in [1.807, 2.05) is 0 Å². The van der Waals surface area contributed by atoms with Crippen LogP contribution in [0, 0.1) is 0 Å². The van der Waals surface area contributed by atoms with Gasteiger partial charge < -0.3 is 16.4 Å². The molecule has 0 unspecified atom stereocenters. The number of alkyl halides is 3. The lowest BCUT2D eigenvalue weighted by Crippen LogP contribution is -2.33. The zero-order valence-corrected chi connectivity index (χ0v) is 17.3. The Hall–Kier alpha value is -4.14. The maximum Gasteiger partial charge on any atom is 0.416 e. The lowest BCUT2D eigenvalue weighted by molar-refractivity contribution is -0.137. The van der Waals surface area contributed by atoms with Crippen LogP contribution in [0.4, 0.5) is 13.2 Å². The summed E-state index contributed by atoms with van der Waals surface area (Å²) in [4.78, 5) is 35.4. The number of carbonyl (C=O) groups excluding carboxylic acids is 3. The molecule has 0 aliphatic heterocycles. The number of hydrogen-bond donors (Lipinski definition) is 3. The van der Waals surface area contributed by atoms with Crippen LogP contribution in [0.1, 0.15) is 31.8 Å². The molecule has 0 saturated heterocycles. The number of nitrogens with one attached hydrogen (secondary N) is 2. The minimum atomic E-state index is -4.44. The van der Waals surface area contributed by atoms with Gasteiger partial charge in [0.25, 0.3) is 11.8 Å². The van der Waals surface area contributed by atoms with Crippen LogP contribution < -0.4 is 16.4 Å². The summed E-state index contributed by atoms with van der Waals surface area (Å²) in [5.41, 5.74) is 6.59. The van der Waals surface area contributed by atoms with Crippen molar-refractivity contribution < 1.29 is 27.6 Å². The van der Waals surface area contributed by atoms with Crippen molar-refractivity contribution in [3.05, 3.63) is 95.1 Å². The van der Waals surface area contributed by atoms with Crippen LogP contribution in [0.2, 0.25) is 0 Å². The van der Waals surface area contributed by atoms with E-state index >= 15 is 0 Å². The number of benzene rings is 3. The lowest BCUT2D eigenvalue weighted by Gasteiger charge is -2.12. The van der Waals surface area contributed by atoms with Crippen LogP contribution in [-0.2, 0) is 17.5 Å². The first-order chi connectivity index (χ1) is 15.6. The summed E-state index contributed by atoms with van der Waals surface area (Å²) in [6.07, 6.45) is -4.44. The lowest BCUT2D eigenvalue weighted by atomic mass is 9.98. The molecule has 0 atom stereocenters. The number of nitrogens with two attached hydrogens (primary N) is 1. The van der Waals surface area contributed by atoms with Gasteiger partial charge in [0.15, 0.2) is 0 Å². The highest BCUT2D eigenvalue weighted by Gasteiger charge is 2.30. The van der Waals surface area contributed by atoms with E-state index in [1.54, 1.807) is 48.5 Å². The molecule has 0 aliphatic rings. The first kappa shape index (κ1) is 23.5. The van der Waals surface area contributed by atoms with E-state index in [9.17, 15) is 27.6 Å². The molecule has 6 nitrogen and oxygen atoms in total. The second-order valence-electron chi connectivity index (χ2n) is 7.15. The third kappa shape index (κ3) is 6.19. The van der Waals surface area contributed by atoms with Crippen molar-refractivity contribution in [3.63, 3.8) is 0 Å². The molecular weight excluding hydrogens is 435 g/mol. The van der Waals surface area contributed by atoms with E-state index in [4.69, 9.17) is 5.73 Å². The minimum absolute atomic E-state index is 0.170. The van der Waals surface area contributed by atoms with Gasteiger partial charge in [-0.2, -0.15) is 13.2 Å². The van der Waals surface area contributed by atoms with Gasteiger partial charge in [0.05, 0.1) is 12.1 Å². The maximum atomic E-state index is 12.8. The van der Waals surface area contributed by atoms with Crippen molar-refractivity contribution in [2.45, 2.75) is 12.7 Å². The van der Waals surface area contributed by atoms with Gasteiger partial charge in [-0.15, -0.1) is 0 Å². The van der Waals surface area contributed by atoms with Crippen LogP contribution in [-0.4, -0.2) is 24.3 Å². The normalized spacial score (nSPS) is 11.0. The van der Waals surface area contributed by atoms with Gasteiger partial charge in [-0.1, -0.05) is 42.5 Å². The van der Waals surface area contributed by atoms with Gasteiger partial charge in [-0.05, 0) is 47.0 Å². The Morgan fingerprint density at radius 2 is 1.42 bits per heavy atom. The van der Waals surface area contributed by atoms with Gasteiger partial charge in [-0.25, -0.2) is 0 Å². The zero-order chi connectivity index (χ0) is 24.0. The Balaban J connectivity index is 1.68. The Morgan fingerprint density at radius 1 is 0.788 bits per heavy atom. The summed E-state index contributed by atoms with van der Waals surface area (Å²) in [7, 11) is 0. The molecule has 3 aromatic rings. The topological polar surface area (TPSA) is 101 Å². The average Bonchev–Trinajstić information content (AvgIpc) is 2.81. The van der Waals surface area contributed by atoms with E-state index in [1.165, 1.54) is 12.1 Å². The Kier molecular flexibility index (Phi) is 7.12. The van der Waals surface area contributed by atoms with Gasteiger partial charge >= 0.3 is 6.18 Å². The standard InChI is InChI=1S/C24H20F3N3O3/c25-24(26,27)18-11-9-16(10-12-18)19-3-1-2-4-20(19)23(33)29-13-15-5-7-17(8-6-15)22(32)30-14-21(28)31/h1-12H,13-14H2,(H2,28,31)(H,29,33)(H,30,32). The van der Waals surface area contributed by atoms with Crippen LogP contribution in [0.15, 0.2) is 72.8 Å². The molecule has 0 aliphatic carbocycles. The van der Waals surface area contributed by atoms with Crippen LogP contribution in [0.25, 0.3) is 11.1 Å². The van der Waals surface area contributed by atoms with Gasteiger partial charge in [-0.3, -0.25) is 14.4 Å². The highest BCUT2D eigenvalue weighted by Crippen LogP contribution is 2.31. The summed E-state index contributed by atoms with van der Waals surface area (Å²) < 4.78 is 38.5. The molecule has 3 aromatic carbocycles. The molecule has 0 heterocycles. The summed E-state index contributed by atoms with van der Waals surface area (Å²) in [5, 5.41) is 5.15. The predicted octanol–water partition coefficient (Wildman–Crippen LogP) is 3.52. The second kappa shape index (κ2) is 9.99. The quantitative estimate of drug-likeness (QED) is 0.508. The van der Waals surface area contributed by atoms with Crippen molar-refractivity contribution in [2.75, 3.05) is 6.54 Å². The molecule has 3 rings (SSSR count). The van der Waals surface area contributed by atoms with Crippen molar-refractivity contribution in [3.8, 4) is 11.1 Å². The predicted molar refractivity (Wildman–Crippen MR) is 116 cm³/mol. The zero-order valence-electron chi connectivity index (χ0n) is 17.3. The van der Waals surface area contributed by atoms with Crippen molar-refractivity contribution >= 4 is 17.7 Å². The van der Waals surface area contributed by atoms with E-state index in [0.29, 0.717) is 22.3 Å². The molecule has 4 N–H and O–H groups in total. The number of amides is 3. The SMILES string of the molecule is NC(=O)CNC(=O)c1ccc(CNC(=O)c2ccccc2-c2ccc(C(F)(F)F)cc2)cc1. The molecule has 170 valence electrons. The highest BCUT2D eigenvalue weighted by molar-refractivity contribution is 6.01. The highest BCUT2D eigenvalue weighted by atomic mass is 19.4. The molecule has 0 aromatic heterocycles. The fourth-order valence-corrected chi connectivity index (χ4v) is 3.09. The molecule has 0 radical (unpaired) electrons. The molecule has 0 spiro atoms. The first-order valence-electron chi connectivity index (χ1n) is 9.85. The molecular formula is C24H20F3N3O3. The fourth-order valence-electron chi connectivity index (χ4n) is 3.09. The molecule has 33 heavy (non-hydrogen) atoms. The van der Waals surface area contributed by atoms with E-state index in [2.05, 4.69) is 10.6 Å². The number of hydrogen-bond acceptors (Lipinski definition) is 3. The molecule has 0 fully saturated rings. The van der Waals surface area contributed by atoms with Crippen molar-refractivity contribution in [1.29, 1.82) is 0 Å². The van der Waals surface area contributed by atoms with Crippen LogP contribution >= 0.6 is 0 Å². The summed E-state index contributed by atoms with van der Waals surface area (Å²) in [5.74, 6) is -1.50. The van der Waals surface area contributed by atoms with Crippen molar-refractivity contribution in [1.82, 2.24) is 10.6 Å². The number of primary amides is 1. The van der Waals surface area contributed by atoms with Crippen molar-refractivity contribution in [2.24, 2.45) is 5.73 Å². The minimum Gasteiger partial charge on any atom is -0.368 e. The van der Waals surface area contributed by atoms with Crippen LogP contribution in [0.3, 0.4) is 0 Å². The summed E-state index contributed by atoms with van der Waals surface area (Å²) in [6, 6.07) is 17.6. The van der Waals surface area contributed by atoms with Gasteiger partial charge in [0.1, 0.15) is 0 Å². The summed E-state index contributed by atoms with van der Waals surface area (Å²) in [6.45, 7) is -0.0989. The smallest absolute Gasteiger partial charge is 0.368 e. The molecule has 3 amide bonds. The summed E-state index contributed by atoms with van der Waals surface area (Å²) >= 11 is 0. The Bertz CT molecular complexity index is 1160. The Labute approximate surface area is 187 Å². The second-order valence-corrected chi connectivity index (χ2v) is 7.15. The van der Waals surface area contributed by atoms with E-state index < -0.39 is 29.5 Å². The molecule has 9 heteroatoms. The number of halogens is 3. The van der Waals surface area contributed by atoms with Gasteiger partial charge in [0.2, 0.25) is 5.91 Å². The number of carbonyl (C=O) groups is 3. The van der Waals surface area contributed by atoms with E-state index in [0.717, 1.165) is 17.7 Å². The monoisotopic (exact) mass is 455 g/mol. The first-order valence-corrected chi connectivity index (χ1v) is 9.85. The third-order valence-corrected chi connectivity index (χ3v) is 4.79. The maximum absolute atomic E-state index is 12.8. The number of rotatable bonds is 7. The third-order valence-electron chi connectivity index (χ3n) is 4.79. The van der Waals surface area contributed by atoms with Crippen LogP contribution in [0.5, 0.6) is 0 Å². The molecule has 0 bridgehead atoms. The van der Waals surface area contributed by atoms with Gasteiger partial charge in [0, 0.05) is 17.7 Å². The Morgan fingerprint density at radius 3 is 2.03 bits per heavy atom. The van der Waals surface area contributed by atoms with E-state index in [-0.39, 0.29) is 13.1 Å². The largest absolute Gasteiger partial charge is 0.416 e. The average molecular weight is 455 g/mol. The fraction of sp³-hybridized carbons (Fsp3) is 0.125.